The zero-order chi connectivity index (χ0) is 20.3. The van der Waals surface area contributed by atoms with E-state index < -0.39 is 0 Å². The van der Waals surface area contributed by atoms with E-state index in [1.54, 1.807) is 12.1 Å². The second kappa shape index (κ2) is 7.72. The van der Waals surface area contributed by atoms with Gasteiger partial charge in [0.25, 0.3) is 0 Å². The van der Waals surface area contributed by atoms with Gasteiger partial charge in [0.1, 0.15) is 11.4 Å². The molecule has 0 atom stereocenters. The molecular weight excluding hydrogens is 368 g/mol. The van der Waals surface area contributed by atoms with Gasteiger partial charge >= 0.3 is 0 Å². The highest BCUT2D eigenvalue weighted by atomic mass is 16.1. The third kappa shape index (κ3) is 3.16. The van der Waals surface area contributed by atoms with Gasteiger partial charge in [0, 0.05) is 22.3 Å². The number of rotatable bonds is 4. The number of ketones is 1. The van der Waals surface area contributed by atoms with E-state index in [0.29, 0.717) is 11.3 Å². The number of hydrogen-bond acceptors (Lipinski definition) is 3. The summed E-state index contributed by atoms with van der Waals surface area (Å²) in [5.41, 5.74) is 6.79. The molecule has 1 aliphatic carbocycles. The predicted molar refractivity (Wildman–Crippen MR) is 121 cm³/mol. The van der Waals surface area contributed by atoms with Crippen LogP contribution in [-0.2, 0) is 0 Å². The molecule has 3 heteroatoms. The third-order valence-electron chi connectivity index (χ3n) is 5.20. The van der Waals surface area contributed by atoms with Crippen molar-refractivity contribution in [2.75, 3.05) is 0 Å². The fraction of sp³-hybridized carbons (Fsp3) is 0. The fourth-order valence-corrected chi connectivity index (χ4v) is 3.76. The van der Waals surface area contributed by atoms with E-state index in [9.17, 15) is 4.79 Å². The Morgan fingerprint density at radius 3 is 1.47 bits per heavy atom. The molecule has 0 amide bonds. The van der Waals surface area contributed by atoms with E-state index in [-0.39, 0.29) is 5.78 Å². The van der Waals surface area contributed by atoms with Gasteiger partial charge in [0.15, 0.2) is 0 Å². The quantitative estimate of drug-likeness (QED) is 0.219. The zero-order valence-electron chi connectivity index (χ0n) is 16.2. The van der Waals surface area contributed by atoms with Crippen LogP contribution in [0.3, 0.4) is 0 Å². The van der Waals surface area contributed by atoms with E-state index >= 15 is 0 Å². The SMILES string of the molecule is O=C(C(=NN=C1c2ccccc2-c2ccccc21)c1ccccc1)c1ccccc1. The molecule has 30 heavy (non-hydrogen) atoms. The first-order valence-electron chi connectivity index (χ1n) is 9.83. The van der Waals surface area contributed by atoms with Gasteiger partial charge in [-0.1, -0.05) is 109 Å². The molecule has 3 nitrogen and oxygen atoms in total. The molecule has 0 saturated heterocycles. The van der Waals surface area contributed by atoms with Crippen LogP contribution in [0.5, 0.6) is 0 Å². The molecule has 0 aromatic heterocycles. The standard InChI is InChI=1S/C27H18N2O/c30-27(20-13-5-2-6-14-20)25(19-11-3-1-4-12-19)28-29-26-23-17-9-7-15-21(23)22-16-8-10-18-24(22)26/h1-18H. The summed E-state index contributed by atoms with van der Waals surface area (Å²) in [5, 5.41) is 9.12. The summed E-state index contributed by atoms with van der Waals surface area (Å²) in [6.07, 6.45) is 0. The molecule has 0 radical (unpaired) electrons. The molecule has 0 unspecified atom stereocenters. The van der Waals surface area contributed by atoms with Gasteiger partial charge in [-0.05, 0) is 11.1 Å². The van der Waals surface area contributed by atoms with E-state index in [0.717, 1.165) is 33.5 Å². The van der Waals surface area contributed by atoms with Crippen molar-refractivity contribution in [2.24, 2.45) is 10.2 Å². The van der Waals surface area contributed by atoms with Crippen molar-refractivity contribution in [3.8, 4) is 11.1 Å². The Labute approximate surface area is 175 Å². The maximum absolute atomic E-state index is 13.2. The summed E-state index contributed by atoms with van der Waals surface area (Å²) in [7, 11) is 0. The summed E-state index contributed by atoms with van der Waals surface area (Å²) in [6, 6.07) is 35.0. The molecule has 0 saturated carbocycles. The Hall–Kier alpha value is -4.11. The Bertz CT molecular complexity index is 1240. The van der Waals surface area contributed by atoms with Gasteiger partial charge in [0.05, 0.1) is 0 Å². The van der Waals surface area contributed by atoms with Crippen LogP contribution in [0.4, 0.5) is 0 Å². The Morgan fingerprint density at radius 2 is 0.933 bits per heavy atom. The predicted octanol–water partition coefficient (Wildman–Crippen LogP) is 5.79. The average molecular weight is 386 g/mol. The highest BCUT2D eigenvalue weighted by Crippen LogP contribution is 2.36. The van der Waals surface area contributed by atoms with Crippen LogP contribution in [-0.4, -0.2) is 17.2 Å². The van der Waals surface area contributed by atoms with Gasteiger partial charge in [-0.25, -0.2) is 0 Å². The second-order valence-electron chi connectivity index (χ2n) is 7.05. The molecule has 0 N–H and O–H groups in total. The van der Waals surface area contributed by atoms with E-state index in [4.69, 9.17) is 0 Å². The normalized spacial score (nSPS) is 12.3. The van der Waals surface area contributed by atoms with Crippen LogP contribution in [0.2, 0.25) is 0 Å². The lowest BCUT2D eigenvalue weighted by Crippen LogP contribution is -2.16. The van der Waals surface area contributed by atoms with Crippen molar-refractivity contribution in [3.05, 3.63) is 131 Å². The Balaban J connectivity index is 1.67. The maximum atomic E-state index is 13.2. The van der Waals surface area contributed by atoms with Crippen molar-refractivity contribution in [2.45, 2.75) is 0 Å². The van der Waals surface area contributed by atoms with Crippen molar-refractivity contribution in [3.63, 3.8) is 0 Å². The average Bonchev–Trinajstić information content (AvgIpc) is 3.14. The van der Waals surface area contributed by atoms with Crippen LogP contribution in [0.25, 0.3) is 11.1 Å². The fourth-order valence-electron chi connectivity index (χ4n) is 3.76. The number of nitrogens with zero attached hydrogens (tertiary/aromatic N) is 2. The second-order valence-corrected chi connectivity index (χ2v) is 7.05. The first kappa shape index (κ1) is 18.0. The highest BCUT2D eigenvalue weighted by molar-refractivity contribution is 6.51. The Morgan fingerprint density at radius 1 is 0.500 bits per heavy atom. The number of carbonyl (C=O) groups is 1. The lowest BCUT2D eigenvalue weighted by Gasteiger charge is -2.05. The molecule has 4 aromatic rings. The first-order valence-corrected chi connectivity index (χ1v) is 9.83. The molecule has 0 fully saturated rings. The number of fused-ring (bicyclic) bond motifs is 3. The minimum atomic E-state index is -0.147. The molecule has 142 valence electrons. The van der Waals surface area contributed by atoms with Crippen LogP contribution in [0.15, 0.2) is 119 Å². The molecule has 5 rings (SSSR count). The van der Waals surface area contributed by atoms with Gasteiger partial charge in [-0.2, -0.15) is 0 Å². The molecule has 0 bridgehead atoms. The third-order valence-corrected chi connectivity index (χ3v) is 5.20. The Kier molecular flexibility index (Phi) is 4.62. The molecule has 1 aliphatic rings. The largest absolute Gasteiger partial charge is 0.287 e. The summed E-state index contributed by atoms with van der Waals surface area (Å²) in [5.74, 6) is -0.147. The summed E-state index contributed by atoms with van der Waals surface area (Å²) in [6.45, 7) is 0. The molecule has 0 spiro atoms. The molecule has 0 aliphatic heterocycles. The lowest BCUT2D eigenvalue weighted by molar-refractivity contribution is 0.106. The van der Waals surface area contributed by atoms with Crippen molar-refractivity contribution in [1.82, 2.24) is 0 Å². The van der Waals surface area contributed by atoms with Crippen LogP contribution >= 0.6 is 0 Å². The van der Waals surface area contributed by atoms with Crippen molar-refractivity contribution >= 4 is 17.2 Å². The summed E-state index contributed by atoms with van der Waals surface area (Å²) in [4.78, 5) is 13.2. The monoisotopic (exact) mass is 386 g/mol. The smallest absolute Gasteiger partial charge is 0.213 e. The van der Waals surface area contributed by atoms with Gasteiger partial charge in [0.2, 0.25) is 5.78 Å². The van der Waals surface area contributed by atoms with Crippen molar-refractivity contribution < 1.29 is 4.79 Å². The number of hydrogen-bond donors (Lipinski definition) is 0. The minimum absolute atomic E-state index is 0.147. The topological polar surface area (TPSA) is 41.8 Å². The van der Waals surface area contributed by atoms with E-state index in [1.807, 2.05) is 84.9 Å². The van der Waals surface area contributed by atoms with Crippen LogP contribution < -0.4 is 0 Å². The summed E-state index contributed by atoms with van der Waals surface area (Å²) >= 11 is 0. The van der Waals surface area contributed by atoms with Crippen molar-refractivity contribution in [1.29, 1.82) is 0 Å². The van der Waals surface area contributed by atoms with Gasteiger partial charge < -0.3 is 0 Å². The highest BCUT2D eigenvalue weighted by Gasteiger charge is 2.24. The van der Waals surface area contributed by atoms with Crippen LogP contribution in [0, 0.1) is 0 Å². The zero-order valence-corrected chi connectivity index (χ0v) is 16.2. The number of Topliss-reactive ketones (excluding diaryl/α,β-unsaturated/α-hetero) is 1. The minimum Gasteiger partial charge on any atom is -0.287 e. The molecule has 4 aromatic carbocycles. The van der Waals surface area contributed by atoms with Gasteiger partial charge in [-0.15, -0.1) is 10.2 Å². The van der Waals surface area contributed by atoms with Gasteiger partial charge in [-0.3, -0.25) is 4.79 Å². The van der Waals surface area contributed by atoms with E-state index in [1.165, 1.54) is 0 Å². The lowest BCUT2D eigenvalue weighted by atomic mass is 10.0. The molecule has 0 heterocycles. The maximum Gasteiger partial charge on any atom is 0.213 e. The van der Waals surface area contributed by atoms with E-state index in [2.05, 4.69) is 22.3 Å². The molecular formula is C27H18N2O. The summed E-state index contributed by atoms with van der Waals surface area (Å²) < 4.78 is 0. The first-order chi connectivity index (χ1) is 14.8. The number of benzene rings is 4. The number of carbonyl (C=O) groups excluding carboxylic acids is 1. The van der Waals surface area contributed by atoms with Crippen LogP contribution in [0.1, 0.15) is 27.0 Å².